The highest BCUT2D eigenvalue weighted by molar-refractivity contribution is 5.92. The molecule has 0 aromatic rings. The molecule has 3 heteroatoms. The molecule has 0 aromatic heterocycles. The van der Waals surface area contributed by atoms with Gasteiger partial charge in [-0.05, 0) is 97.5 Å². The Balaban J connectivity index is 1.47. The summed E-state index contributed by atoms with van der Waals surface area (Å²) in [4.78, 5) is 24.7. The maximum absolute atomic E-state index is 12.8. The van der Waals surface area contributed by atoms with Gasteiger partial charge in [-0.1, -0.05) is 53.2 Å². The van der Waals surface area contributed by atoms with Gasteiger partial charge in [-0.15, -0.1) is 0 Å². The van der Waals surface area contributed by atoms with Gasteiger partial charge in [0.05, 0.1) is 0 Å². The molecule has 7 atom stereocenters. The molecule has 1 aliphatic heterocycles. The number of allylic oxidation sites excluding steroid dienone is 4. The second-order valence-corrected chi connectivity index (χ2v) is 13.2. The molecule has 3 nitrogen and oxygen atoms in total. The Bertz CT molecular complexity index is 996. The summed E-state index contributed by atoms with van der Waals surface area (Å²) in [7, 11) is 0. The fraction of sp³-hybridized carbons (Fsp3) is 0.733. The molecule has 0 radical (unpaired) electrons. The van der Waals surface area contributed by atoms with Gasteiger partial charge in [0, 0.05) is 17.4 Å². The topological polar surface area (TPSA) is 43.4 Å². The van der Waals surface area contributed by atoms with Crippen LogP contribution in [0.4, 0.5) is 0 Å². The summed E-state index contributed by atoms with van der Waals surface area (Å²) in [6, 6.07) is 0. The Hall–Kier alpha value is -1.64. The van der Waals surface area contributed by atoms with Crippen LogP contribution in [-0.4, -0.2) is 11.8 Å². The van der Waals surface area contributed by atoms with Crippen molar-refractivity contribution in [3.05, 3.63) is 35.1 Å². The van der Waals surface area contributed by atoms with Gasteiger partial charge in [0.25, 0.3) is 0 Å². The average Bonchev–Trinajstić information content (AvgIpc) is 3.24. The monoisotopic (exact) mass is 450 g/mol. The predicted octanol–water partition coefficient (Wildman–Crippen LogP) is 7.18. The van der Waals surface area contributed by atoms with Gasteiger partial charge < -0.3 is 4.74 Å². The van der Waals surface area contributed by atoms with Gasteiger partial charge in [-0.2, -0.15) is 0 Å². The van der Waals surface area contributed by atoms with Crippen LogP contribution < -0.4 is 0 Å². The number of hydrogen-bond donors (Lipinski definition) is 0. The van der Waals surface area contributed by atoms with E-state index in [-0.39, 0.29) is 27.6 Å². The number of esters is 1. The van der Waals surface area contributed by atoms with Crippen molar-refractivity contribution in [1.29, 1.82) is 0 Å². The average molecular weight is 451 g/mol. The lowest BCUT2D eigenvalue weighted by Crippen LogP contribution is -2.61. The molecular weight excluding hydrogens is 408 g/mol. The largest absolute Gasteiger partial charge is 0.423 e. The minimum atomic E-state index is -0.212. The van der Waals surface area contributed by atoms with Crippen molar-refractivity contribution in [3.8, 4) is 0 Å². The summed E-state index contributed by atoms with van der Waals surface area (Å²) in [6.45, 7) is 16.2. The van der Waals surface area contributed by atoms with E-state index >= 15 is 0 Å². The molecule has 4 aliphatic carbocycles. The standard InChI is InChI=1S/C30H42O3/c1-18(16-20-17-19(2)26(32)33-20)21-10-14-29(6)22(21)8-9-24-28(5)13-12-25(31)27(3,4)23(28)11-15-30(24,29)7/h8,16-18,21,23-24H,9-15H2,1-7H3/b20-16+/t18-,21-,23+,24+,28+,29+,30+/m1/s1. The predicted molar refractivity (Wildman–Crippen MR) is 131 cm³/mol. The van der Waals surface area contributed by atoms with E-state index in [1.54, 1.807) is 5.57 Å². The number of carbonyl (C=O) groups is 2. The zero-order valence-electron chi connectivity index (χ0n) is 21.7. The van der Waals surface area contributed by atoms with Crippen molar-refractivity contribution in [1.82, 2.24) is 0 Å². The molecule has 180 valence electrons. The number of cyclic esters (lactones) is 1. The van der Waals surface area contributed by atoms with Crippen molar-refractivity contribution >= 4 is 11.8 Å². The number of hydrogen-bond acceptors (Lipinski definition) is 3. The van der Waals surface area contributed by atoms with Crippen LogP contribution in [0, 0.1) is 45.3 Å². The van der Waals surface area contributed by atoms with E-state index in [1.807, 2.05) is 13.0 Å². The second-order valence-electron chi connectivity index (χ2n) is 13.2. The van der Waals surface area contributed by atoms with Gasteiger partial charge in [0.1, 0.15) is 11.5 Å². The van der Waals surface area contributed by atoms with Gasteiger partial charge in [-0.3, -0.25) is 4.79 Å². The first kappa shape index (κ1) is 23.1. The fourth-order valence-electron chi connectivity index (χ4n) is 9.42. The normalized spacial score (nSPS) is 46.2. The zero-order chi connectivity index (χ0) is 24.0. The van der Waals surface area contributed by atoms with E-state index in [1.165, 1.54) is 25.7 Å². The van der Waals surface area contributed by atoms with Gasteiger partial charge in [0.15, 0.2) is 0 Å². The van der Waals surface area contributed by atoms with E-state index in [0.29, 0.717) is 35.0 Å². The van der Waals surface area contributed by atoms with Crippen molar-refractivity contribution in [2.75, 3.05) is 0 Å². The summed E-state index contributed by atoms with van der Waals surface area (Å²) in [5, 5.41) is 0. The zero-order valence-corrected chi connectivity index (χ0v) is 21.7. The highest BCUT2D eigenvalue weighted by Gasteiger charge is 2.66. The first-order chi connectivity index (χ1) is 15.3. The maximum atomic E-state index is 12.8. The molecule has 3 fully saturated rings. The van der Waals surface area contributed by atoms with Crippen LogP contribution in [0.1, 0.15) is 93.4 Å². The van der Waals surface area contributed by atoms with E-state index < -0.39 is 0 Å². The van der Waals surface area contributed by atoms with E-state index in [4.69, 9.17) is 4.74 Å². The lowest BCUT2D eigenvalue weighted by molar-refractivity contribution is -0.174. The smallest absolute Gasteiger partial charge is 0.339 e. The molecule has 5 aliphatic rings. The summed E-state index contributed by atoms with van der Waals surface area (Å²) in [5.74, 6) is 2.99. The number of ether oxygens (including phenoxy) is 1. The molecule has 0 N–H and O–H groups in total. The van der Waals surface area contributed by atoms with E-state index in [0.717, 1.165) is 25.0 Å². The number of rotatable bonds is 2. The minimum Gasteiger partial charge on any atom is -0.423 e. The number of fused-ring (bicyclic) bond motifs is 5. The van der Waals surface area contributed by atoms with Crippen LogP contribution in [0.2, 0.25) is 0 Å². The summed E-state index contributed by atoms with van der Waals surface area (Å²) >= 11 is 0. The molecule has 0 amide bonds. The second kappa shape index (κ2) is 7.18. The van der Waals surface area contributed by atoms with Crippen molar-refractivity contribution < 1.29 is 14.3 Å². The Morgan fingerprint density at radius 2 is 1.76 bits per heavy atom. The molecule has 0 saturated heterocycles. The molecule has 33 heavy (non-hydrogen) atoms. The Kier molecular flexibility index (Phi) is 5.03. The number of ketones is 1. The third-order valence-corrected chi connectivity index (χ3v) is 11.6. The van der Waals surface area contributed by atoms with Crippen molar-refractivity contribution in [2.45, 2.75) is 93.4 Å². The van der Waals surface area contributed by atoms with Crippen LogP contribution in [0.3, 0.4) is 0 Å². The molecular formula is C30H42O3. The maximum Gasteiger partial charge on any atom is 0.339 e. The molecule has 3 saturated carbocycles. The lowest BCUT2D eigenvalue weighted by Gasteiger charge is -2.67. The third kappa shape index (κ3) is 2.99. The van der Waals surface area contributed by atoms with Gasteiger partial charge in [0.2, 0.25) is 0 Å². The van der Waals surface area contributed by atoms with Gasteiger partial charge in [-0.25, -0.2) is 4.79 Å². The highest BCUT2D eigenvalue weighted by Crippen LogP contribution is 2.74. The fourth-order valence-corrected chi connectivity index (χ4v) is 9.42. The van der Waals surface area contributed by atoms with Crippen LogP contribution in [0.5, 0.6) is 0 Å². The number of Topliss-reactive ketones (excluding diaryl/α,β-unsaturated/α-hetero) is 1. The summed E-state index contributed by atoms with van der Waals surface area (Å²) in [6.07, 6.45) is 14.5. The quantitative estimate of drug-likeness (QED) is 0.330. The molecule has 0 spiro atoms. The van der Waals surface area contributed by atoms with Crippen LogP contribution in [-0.2, 0) is 14.3 Å². The first-order valence-corrected chi connectivity index (χ1v) is 13.2. The van der Waals surface area contributed by atoms with E-state index in [9.17, 15) is 9.59 Å². The Labute approximate surface area is 200 Å². The van der Waals surface area contributed by atoms with Crippen LogP contribution >= 0.6 is 0 Å². The third-order valence-electron chi connectivity index (χ3n) is 11.6. The van der Waals surface area contributed by atoms with Crippen LogP contribution in [0.15, 0.2) is 35.1 Å². The Morgan fingerprint density at radius 1 is 1.03 bits per heavy atom. The SMILES string of the molecule is CC1=C/C(=C\[C@@H](C)[C@H]2CC[C@@]3(C)C2=CC[C@H]2[C@@]4(C)CCC(=O)C(C)(C)[C@@H]4CC[C@@]23C)OC1=O. The number of carbonyl (C=O) groups excluding carboxylic acids is 2. The van der Waals surface area contributed by atoms with Crippen molar-refractivity contribution in [2.24, 2.45) is 45.3 Å². The summed E-state index contributed by atoms with van der Waals surface area (Å²) < 4.78 is 5.45. The minimum absolute atomic E-state index is 0.192. The van der Waals surface area contributed by atoms with Crippen molar-refractivity contribution in [3.63, 3.8) is 0 Å². The van der Waals surface area contributed by atoms with Crippen LogP contribution in [0.25, 0.3) is 0 Å². The Morgan fingerprint density at radius 3 is 2.42 bits per heavy atom. The molecule has 0 aromatic carbocycles. The first-order valence-electron chi connectivity index (χ1n) is 13.2. The molecule has 1 heterocycles. The summed E-state index contributed by atoms with van der Waals surface area (Å²) in [5.41, 5.74) is 2.88. The molecule has 5 rings (SSSR count). The van der Waals surface area contributed by atoms with E-state index in [2.05, 4.69) is 53.7 Å². The molecule has 0 bridgehead atoms. The van der Waals surface area contributed by atoms with Gasteiger partial charge >= 0.3 is 5.97 Å². The molecule has 0 unspecified atom stereocenters. The lowest BCUT2D eigenvalue weighted by atomic mass is 9.37. The highest BCUT2D eigenvalue weighted by atomic mass is 16.5.